The normalized spacial score (nSPS) is 13.1. The number of rotatable bonds is 6. The van der Waals surface area contributed by atoms with Crippen LogP contribution in [0.3, 0.4) is 0 Å². The lowest BCUT2D eigenvalue weighted by molar-refractivity contribution is -0.120. The number of ether oxygens (including phenoxy) is 3. The van der Waals surface area contributed by atoms with Gasteiger partial charge in [-0.3, -0.25) is 4.79 Å². The lowest BCUT2D eigenvalue weighted by Gasteiger charge is -2.22. The second-order valence-electron chi connectivity index (χ2n) is 4.40. The van der Waals surface area contributed by atoms with Gasteiger partial charge in [-0.05, 0) is 34.5 Å². The van der Waals surface area contributed by atoms with Gasteiger partial charge in [-0.15, -0.1) is 0 Å². The standard InChI is InChI=1S/C14H18BrNO4/c1-2-3-6-18-9-12(17)16-11-5-4-10(15)13-14(11)20-8-7-19-13/h4-5H,2-3,6-9H2,1H3,(H,16,17). The average Bonchev–Trinajstić information content (AvgIpc) is 2.47. The SMILES string of the molecule is CCCCOCC(=O)Nc1ccc(Br)c2c1OCCO2. The van der Waals surface area contributed by atoms with Gasteiger partial charge in [0.15, 0.2) is 11.5 Å². The van der Waals surface area contributed by atoms with E-state index in [4.69, 9.17) is 14.2 Å². The highest BCUT2D eigenvalue weighted by Crippen LogP contribution is 2.42. The molecule has 5 nitrogen and oxygen atoms in total. The Balaban J connectivity index is 1.97. The summed E-state index contributed by atoms with van der Waals surface area (Å²) in [5.41, 5.74) is 0.604. The molecule has 0 fully saturated rings. The minimum absolute atomic E-state index is 0.0473. The van der Waals surface area contributed by atoms with Crippen LogP contribution in [0.15, 0.2) is 16.6 Å². The predicted octanol–water partition coefficient (Wildman–Crippen LogP) is 2.98. The smallest absolute Gasteiger partial charge is 0.250 e. The van der Waals surface area contributed by atoms with E-state index >= 15 is 0 Å². The quantitative estimate of drug-likeness (QED) is 0.806. The third kappa shape index (κ3) is 3.86. The average molecular weight is 344 g/mol. The summed E-state index contributed by atoms with van der Waals surface area (Å²) in [6, 6.07) is 3.60. The number of carbonyl (C=O) groups is 1. The molecule has 0 unspecified atom stereocenters. The molecule has 0 aromatic heterocycles. The van der Waals surface area contributed by atoms with Crippen LogP contribution >= 0.6 is 15.9 Å². The van der Waals surface area contributed by atoms with E-state index in [0.29, 0.717) is 37.0 Å². The Kier molecular flexibility index (Phi) is 5.67. The maximum absolute atomic E-state index is 11.8. The van der Waals surface area contributed by atoms with Gasteiger partial charge < -0.3 is 19.5 Å². The molecule has 0 saturated carbocycles. The molecule has 1 aliphatic heterocycles. The van der Waals surface area contributed by atoms with E-state index in [9.17, 15) is 4.79 Å². The van der Waals surface area contributed by atoms with Crippen molar-refractivity contribution in [3.8, 4) is 11.5 Å². The summed E-state index contributed by atoms with van der Waals surface area (Å²) in [6.07, 6.45) is 2.00. The highest BCUT2D eigenvalue weighted by atomic mass is 79.9. The minimum Gasteiger partial charge on any atom is -0.485 e. The van der Waals surface area contributed by atoms with Crippen LogP contribution in [0.25, 0.3) is 0 Å². The number of hydrogen-bond acceptors (Lipinski definition) is 4. The van der Waals surface area contributed by atoms with Gasteiger partial charge in [-0.1, -0.05) is 13.3 Å². The van der Waals surface area contributed by atoms with Crippen molar-refractivity contribution in [2.75, 3.05) is 31.7 Å². The van der Waals surface area contributed by atoms with Gasteiger partial charge in [0, 0.05) is 6.61 Å². The molecule has 1 N–H and O–H groups in total. The zero-order valence-corrected chi connectivity index (χ0v) is 13.0. The second kappa shape index (κ2) is 7.50. The summed E-state index contributed by atoms with van der Waals surface area (Å²) in [7, 11) is 0. The highest BCUT2D eigenvalue weighted by molar-refractivity contribution is 9.10. The number of halogens is 1. The van der Waals surface area contributed by atoms with Crippen molar-refractivity contribution in [1.82, 2.24) is 0 Å². The van der Waals surface area contributed by atoms with Crippen molar-refractivity contribution >= 4 is 27.5 Å². The molecular formula is C14H18BrNO4. The number of amides is 1. The summed E-state index contributed by atoms with van der Waals surface area (Å²) in [5, 5.41) is 2.78. The first-order chi connectivity index (χ1) is 9.72. The van der Waals surface area contributed by atoms with E-state index in [1.807, 2.05) is 6.07 Å². The summed E-state index contributed by atoms with van der Waals surface area (Å²) in [5.74, 6) is 0.994. The van der Waals surface area contributed by atoms with E-state index in [0.717, 1.165) is 17.3 Å². The molecule has 0 radical (unpaired) electrons. The van der Waals surface area contributed by atoms with E-state index in [2.05, 4.69) is 28.2 Å². The first kappa shape index (κ1) is 15.1. The van der Waals surface area contributed by atoms with E-state index in [1.165, 1.54) is 0 Å². The number of unbranched alkanes of at least 4 members (excludes halogenated alkanes) is 1. The molecule has 0 bridgehead atoms. The molecule has 2 rings (SSSR count). The molecule has 1 aromatic carbocycles. The Labute approximate surface area is 126 Å². The van der Waals surface area contributed by atoms with E-state index < -0.39 is 0 Å². The molecule has 1 heterocycles. The van der Waals surface area contributed by atoms with Gasteiger partial charge >= 0.3 is 0 Å². The summed E-state index contributed by atoms with van der Waals surface area (Å²) in [4.78, 5) is 11.8. The number of anilines is 1. The van der Waals surface area contributed by atoms with Gasteiger partial charge in [0.1, 0.15) is 19.8 Å². The summed E-state index contributed by atoms with van der Waals surface area (Å²) < 4.78 is 17.2. The third-order valence-electron chi connectivity index (χ3n) is 2.79. The van der Waals surface area contributed by atoms with Crippen LogP contribution in [-0.4, -0.2) is 32.3 Å². The van der Waals surface area contributed by atoms with Crippen molar-refractivity contribution in [2.45, 2.75) is 19.8 Å². The van der Waals surface area contributed by atoms with Crippen molar-refractivity contribution in [1.29, 1.82) is 0 Å². The molecule has 0 spiro atoms. The Bertz CT molecular complexity index is 478. The summed E-state index contributed by atoms with van der Waals surface area (Å²) in [6.45, 7) is 3.70. The van der Waals surface area contributed by atoms with Crippen LogP contribution < -0.4 is 14.8 Å². The molecular weight excluding hydrogens is 326 g/mol. The first-order valence-corrected chi connectivity index (χ1v) is 7.47. The Morgan fingerprint density at radius 3 is 2.85 bits per heavy atom. The molecule has 1 aromatic rings. The second-order valence-corrected chi connectivity index (χ2v) is 5.26. The Morgan fingerprint density at radius 1 is 1.35 bits per heavy atom. The molecule has 0 atom stereocenters. The molecule has 0 aliphatic carbocycles. The van der Waals surface area contributed by atoms with Gasteiger partial charge in [0.05, 0.1) is 10.2 Å². The van der Waals surface area contributed by atoms with Crippen molar-refractivity contribution in [3.63, 3.8) is 0 Å². The molecule has 6 heteroatoms. The summed E-state index contributed by atoms with van der Waals surface area (Å²) >= 11 is 3.40. The third-order valence-corrected chi connectivity index (χ3v) is 3.41. The molecule has 1 amide bonds. The van der Waals surface area contributed by atoms with Crippen molar-refractivity contribution in [2.24, 2.45) is 0 Å². The number of fused-ring (bicyclic) bond motifs is 1. The van der Waals surface area contributed by atoms with Crippen LogP contribution in [0.1, 0.15) is 19.8 Å². The molecule has 0 saturated heterocycles. The number of hydrogen-bond donors (Lipinski definition) is 1. The fourth-order valence-corrected chi connectivity index (χ4v) is 2.23. The molecule has 110 valence electrons. The maximum atomic E-state index is 11.8. The number of carbonyl (C=O) groups excluding carboxylic acids is 1. The van der Waals surface area contributed by atoms with Crippen LogP contribution in [-0.2, 0) is 9.53 Å². The largest absolute Gasteiger partial charge is 0.485 e. The Morgan fingerprint density at radius 2 is 2.10 bits per heavy atom. The van der Waals surface area contributed by atoms with Gasteiger partial charge in [0.2, 0.25) is 5.91 Å². The first-order valence-electron chi connectivity index (χ1n) is 6.68. The lowest BCUT2D eigenvalue weighted by atomic mass is 10.2. The molecule has 20 heavy (non-hydrogen) atoms. The Hall–Kier alpha value is -1.27. The van der Waals surface area contributed by atoms with E-state index in [1.54, 1.807) is 6.07 Å². The van der Waals surface area contributed by atoms with Crippen LogP contribution in [0.2, 0.25) is 0 Å². The van der Waals surface area contributed by atoms with Crippen LogP contribution in [0, 0.1) is 0 Å². The number of benzene rings is 1. The fourth-order valence-electron chi connectivity index (χ4n) is 1.80. The van der Waals surface area contributed by atoms with E-state index in [-0.39, 0.29) is 12.5 Å². The van der Waals surface area contributed by atoms with Crippen molar-refractivity contribution in [3.05, 3.63) is 16.6 Å². The zero-order valence-electron chi connectivity index (χ0n) is 11.4. The monoisotopic (exact) mass is 343 g/mol. The molecule has 1 aliphatic rings. The highest BCUT2D eigenvalue weighted by Gasteiger charge is 2.20. The van der Waals surface area contributed by atoms with Gasteiger partial charge in [-0.2, -0.15) is 0 Å². The number of nitrogens with one attached hydrogen (secondary N) is 1. The maximum Gasteiger partial charge on any atom is 0.250 e. The topological polar surface area (TPSA) is 56.8 Å². The lowest BCUT2D eigenvalue weighted by Crippen LogP contribution is -2.21. The minimum atomic E-state index is -0.195. The predicted molar refractivity (Wildman–Crippen MR) is 79.5 cm³/mol. The fraction of sp³-hybridized carbons (Fsp3) is 0.500. The van der Waals surface area contributed by atoms with Crippen molar-refractivity contribution < 1.29 is 19.0 Å². The zero-order chi connectivity index (χ0) is 14.4. The van der Waals surface area contributed by atoms with Gasteiger partial charge in [-0.25, -0.2) is 0 Å². The van der Waals surface area contributed by atoms with Crippen LogP contribution in [0.5, 0.6) is 11.5 Å². The van der Waals surface area contributed by atoms with Gasteiger partial charge in [0.25, 0.3) is 0 Å². The van der Waals surface area contributed by atoms with Crippen LogP contribution in [0.4, 0.5) is 5.69 Å².